The van der Waals surface area contributed by atoms with Crippen molar-refractivity contribution in [1.29, 1.82) is 5.26 Å². The summed E-state index contributed by atoms with van der Waals surface area (Å²) >= 11 is 5.82. The van der Waals surface area contributed by atoms with Crippen molar-refractivity contribution in [3.05, 3.63) is 22.8 Å². The smallest absolute Gasteiger partial charge is 0.136 e. The first kappa shape index (κ1) is 10.9. The summed E-state index contributed by atoms with van der Waals surface area (Å²) < 4.78 is 0. The van der Waals surface area contributed by atoms with Crippen LogP contribution in [-0.2, 0) is 4.79 Å². The summed E-state index contributed by atoms with van der Waals surface area (Å²) in [7, 11) is 0. The number of aromatic nitrogens is 1. The van der Waals surface area contributed by atoms with Crippen LogP contribution in [0.4, 0.5) is 5.82 Å². The lowest BCUT2D eigenvalue weighted by Gasteiger charge is -2.27. The highest BCUT2D eigenvalue weighted by Crippen LogP contribution is 2.20. The van der Waals surface area contributed by atoms with E-state index >= 15 is 0 Å². The maximum Gasteiger partial charge on any atom is 0.136 e. The van der Waals surface area contributed by atoms with Crippen LogP contribution in [0, 0.1) is 11.3 Å². The molecule has 0 aliphatic carbocycles. The van der Waals surface area contributed by atoms with Crippen LogP contribution < -0.4 is 4.90 Å². The van der Waals surface area contributed by atoms with Crippen molar-refractivity contribution in [2.24, 2.45) is 0 Å². The van der Waals surface area contributed by atoms with Gasteiger partial charge in [-0.25, -0.2) is 4.98 Å². The predicted molar refractivity (Wildman–Crippen MR) is 60.4 cm³/mol. The van der Waals surface area contributed by atoms with Gasteiger partial charge in [0.2, 0.25) is 0 Å². The van der Waals surface area contributed by atoms with Crippen molar-refractivity contribution >= 4 is 23.2 Å². The van der Waals surface area contributed by atoms with Crippen LogP contribution in [-0.4, -0.2) is 23.9 Å². The Balaban J connectivity index is 2.24. The fraction of sp³-hybridized carbons (Fsp3) is 0.364. The van der Waals surface area contributed by atoms with E-state index in [9.17, 15) is 4.79 Å². The third-order valence-corrected chi connectivity index (χ3v) is 2.75. The van der Waals surface area contributed by atoms with E-state index < -0.39 is 0 Å². The largest absolute Gasteiger partial charge is 0.356 e. The van der Waals surface area contributed by atoms with E-state index in [1.54, 1.807) is 6.07 Å². The SMILES string of the molecule is N#Cc1cc(Cl)nc(N2CCC(=O)CC2)c1. The Morgan fingerprint density at radius 1 is 1.38 bits per heavy atom. The Labute approximate surface area is 98.5 Å². The summed E-state index contributed by atoms with van der Waals surface area (Å²) in [6.45, 7) is 1.30. The Kier molecular flexibility index (Phi) is 3.07. The highest BCUT2D eigenvalue weighted by molar-refractivity contribution is 6.29. The van der Waals surface area contributed by atoms with Crippen molar-refractivity contribution in [2.45, 2.75) is 12.8 Å². The number of anilines is 1. The monoisotopic (exact) mass is 235 g/mol. The molecule has 0 atom stereocenters. The third-order valence-electron chi connectivity index (χ3n) is 2.55. The summed E-state index contributed by atoms with van der Waals surface area (Å²) in [6, 6.07) is 5.26. The lowest BCUT2D eigenvalue weighted by Crippen LogP contribution is -2.34. The number of hydrogen-bond donors (Lipinski definition) is 0. The number of hydrogen-bond acceptors (Lipinski definition) is 4. The van der Waals surface area contributed by atoms with Crippen LogP contribution in [0.3, 0.4) is 0 Å². The molecule has 0 radical (unpaired) electrons. The molecule has 1 aromatic rings. The molecule has 1 aliphatic rings. The molecule has 2 heterocycles. The summed E-state index contributed by atoms with van der Waals surface area (Å²) in [5, 5.41) is 9.13. The first-order valence-corrected chi connectivity index (χ1v) is 5.41. The summed E-state index contributed by atoms with van der Waals surface area (Å²) in [5.74, 6) is 0.954. The number of piperidine rings is 1. The molecule has 0 amide bonds. The van der Waals surface area contributed by atoms with Gasteiger partial charge in [-0.05, 0) is 12.1 Å². The van der Waals surface area contributed by atoms with Crippen LogP contribution in [0.5, 0.6) is 0 Å². The van der Waals surface area contributed by atoms with E-state index in [0.717, 1.165) is 0 Å². The van der Waals surface area contributed by atoms with Gasteiger partial charge >= 0.3 is 0 Å². The quantitative estimate of drug-likeness (QED) is 0.697. The van der Waals surface area contributed by atoms with Crippen LogP contribution in [0.1, 0.15) is 18.4 Å². The topological polar surface area (TPSA) is 57.0 Å². The number of halogens is 1. The van der Waals surface area contributed by atoms with Gasteiger partial charge in [-0.3, -0.25) is 4.79 Å². The summed E-state index contributed by atoms with van der Waals surface area (Å²) in [5.41, 5.74) is 0.493. The normalized spacial score (nSPS) is 16.0. The Hall–Kier alpha value is -1.60. The second-order valence-corrected chi connectivity index (χ2v) is 4.06. The molecule has 0 N–H and O–H groups in total. The highest BCUT2D eigenvalue weighted by Gasteiger charge is 2.18. The van der Waals surface area contributed by atoms with Gasteiger partial charge in [0, 0.05) is 25.9 Å². The fourth-order valence-corrected chi connectivity index (χ4v) is 1.90. The molecular formula is C11H10ClN3O. The van der Waals surface area contributed by atoms with E-state index in [-0.39, 0.29) is 5.78 Å². The molecule has 0 spiro atoms. The second-order valence-electron chi connectivity index (χ2n) is 3.67. The van der Waals surface area contributed by atoms with Gasteiger partial charge in [-0.15, -0.1) is 0 Å². The van der Waals surface area contributed by atoms with Gasteiger partial charge in [0.15, 0.2) is 0 Å². The minimum absolute atomic E-state index is 0.277. The molecular weight excluding hydrogens is 226 g/mol. The minimum atomic E-state index is 0.277. The van der Waals surface area contributed by atoms with E-state index in [4.69, 9.17) is 16.9 Å². The van der Waals surface area contributed by atoms with E-state index in [1.807, 2.05) is 11.0 Å². The number of rotatable bonds is 1. The number of nitriles is 1. The van der Waals surface area contributed by atoms with Gasteiger partial charge in [0.1, 0.15) is 16.8 Å². The molecule has 5 heteroatoms. The molecule has 1 aromatic heterocycles. The number of ketones is 1. The fourth-order valence-electron chi connectivity index (χ4n) is 1.69. The van der Waals surface area contributed by atoms with Crippen LogP contribution in [0.25, 0.3) is 0 Å². The molecule has 1 saturated heterocycles. The molecule has 82 valence electrons. The number of nitrogens with zero attached hydrogens (tertiary/aromatic N) is 3. The molecule has 2 rings (SSSR count). The number of pyridine rings is 1. The average molecular weight is 236 g/mol. The molecule has 16 heavy (non-hydrogen) atoms. The molecule has 1 fully saturated rings. The Morgan fingerprint density at radius 3 is 2.69 bits per heavy atom. The maximum atomic E-state index is 11.1. The van der Waals surface area contributed by atoms with E-state index in [2.05, 4.69) is 4.98 Å². The third kappa shape index (κ3) is 2.31. The van der Waals surface area contributed by atoms with Crippen molar-refractivity contribution in [3.8, 4) is 6.07 Å². The molecule has 0 unspecified atom stereocenters. The number of carbonyl (C=O) groups excluding carboxylic acids is 1. The number of Topliss-reactive ketones (excluding diaryl/α,β-unsaturated/α-hetero) is 1. The lowest BCUT2D eigenvalue weighted by atomic mass is 10.1. The molecule has 1 aliphatic heterocycles. The van der Waals surface area contributed by atoms with Gasteiger partial charge in [0.25, 0.3) is 0 Å². The second kappa shape index (κ2) is 4.50. The molecule has 4 nitrogen and oxygen atoms in total. The van der Waals surface area contributed by atoms with Crippen LogP contribution in [0.2, 0.25) is 5.15 Å². The Morgan fingerprint density at radius 2 is 2.06 bits per heavy atom. The van der Waals surface area contributed by atoms with E-state index in [0.29, 0.717) is 42.5 Å². The molecule has 0 bridgehead atoms. The molecule has 0 aromatic carbocycles. The van der Waals surface area contributed by atoms with Crippen LogP contribution in [0.15, 0.2) is 12.1 Å². The summed E-state index contributed by atoms with van der Waals surface area (Å²) in [6.07, 6.45) is 1.08. The average Bonchev–Trinajstić information content (AvgIpc) is 2.29. The van der Waals surface area contributed by atoms with Gasteiger partial charge in [-0.2, -0.15) is 5.26 Å². The zero-order valence-electron chi connectivity index (χ0n) is 8.61. The van der Waals surface area contributed by atoms with Crippen molar-refractivity contribution < 1.29 is 4.79 Å². The standard InChI is InChI=1S/C11H10ClN3O/c12-10-5-8(7-13)6-11(14-10)15-3-1-9(16)2-4-15/h5-6H,1-4H2. The zero-order valence-corrected chi connectivity index (χ0v) is 9.37. The van der Waals surface area contributed by atoms with Crippen molar-refractivity contribution in [2.75, 3.05) is 18.0 Å². The predicted octanol–water partition coefficient (Wildman–Crippen LogP) is 1.78. The Bertz CT molecular complexity index is 457. The van der Waals surface area contributed by atoms with Gasteiger partial charge in [0.05, 0.1) is 11.6 Å². The minimum Gasteiger partial charge on any atom is -0.356 e. The van der Waals surface area contributed by atoms with Crippen molar-refractivity contribution in [1.82, 2.24) is 4.98 Å². The van der Waals surface area contributed by atoms with Gasteiger partial charge < -0.3 is 4.90 Å². The van der Waals surface area contributed by atoms with E-state index in [1.165, 1.54) is 6.07 Å². The summed E-state index contributed by atoms with van der Waals surface area (Å²) in [4.78, 5) is 17.2. The highest BCUT2D eigenvalue weighted by atomic mass is 35.5. The first-order chi connectivity index (χ1) is 7.69. The van der Waals surface area contributed by atoms with Crippen molar-refractivity contribution in [3.63, 3.8) is 0 Å². The zero-order chi connectivity index (χ0) is 11.5. The van der Waals surface area contributed by atoms with Crippen LogP contribution >= 0.6 is 11.6 Å². The number of carbonyl (C=O) groups is 1. The lowest BCUT2D eigenvalue weighted by molar-refractivity contribution is -0.119. The maximum absolute atomic E-state index is 11.1. The first-order valence-electron chi connectivity index (χ1n) is 5.03. The molecule has 0 saturated carbocycles. The van der Waals surface area contributed by atoms with Gasteiger partial charge in [-0.1, -0.05) is 11.6 Å².